The van der Waals surface area contributed by atoms with E-state index in [2.05, 4.69) is 11.3 Å². The molecule has 1 aliphatic carbocycles. The maximum atomic E-state index is 11.9. The highest BCUT2D eigenvalue weighted by atomic mass is 16.5. The van der Waals surface area contributed by atoms with Crippen molar-refractivity contribution in [2.45, 2.75) is 12.8 Å². The molecular formula is C14H18O6. The monoisotopic (exact) mass is 282 g/mol. The van der Waals surface area contributed by atoms with Crippen LogP contribution in [0.15, 0.2) is 24.3 Å². The Bertz CT molecular complexity index is 446. The van der Waals surface area contributed by atoms with Gasteiger partial charge in [-0.3, -0.25) is 9.59 Å². The molecule has 6 nitrogen and oxygen atoms in total. The largest absolute Gasteiger partial charge is 0.468 e. The number of ether oxygens (including phenoxy) is 3. The van der Waals surface area contributed by atoms with Crippen molar-refractivity contribution < 1.29 is 28.6 Å². The molecule has 1 fully saturated rings. The summed E-state index contributed by atoms with van der Waals surface area (Å²) in [4.78, 5) is 35.0. The van der Waals surface area contributed by atoms with Gasteiger partial charge in [0.1, 0.15) is 0 Å². The average Bonchev–Trinajstić information content (AvgIpc) is 2.81. The summed E-state index contributed by atoms with van der Waals surface area (Å²) >= 11 is 0. The number of hydrogen-bond donors (Lipinski definition) is 0. The second-order valence-electron chi connectivity index (χ2n) is 4.59. The lowest BCUT2D eigenvalue weighted by molar-refractivity contribution is -0.168. The van der Waals surface area contributed by atoms with Crippen molar-refractivity contribution in [1.82, 2.24) is 0 Å². The van der Waals surface area contributed by atoms with Gasteiger partial charge in [0, 0.05) is 6.08 Å². The SMILES string of the molecule is C=C1CC(C(=O)OC)(C(=O)OC)CC1/C=C/C(=O)OC. The molecule has 0 aromatic rings. The van der Waals surface area contributed by atoms with Gasteiger partial charge in [0.15, 0.2) is 5.41 Å². The van der Waals surface area contributed by atoms with E-state index in [0.29, 0.717) is 5.57 Å². The first kappa shape index (κ1) is 15.9. The summed E-state index contributed by atoms with van der Waals surface area (Å²) in [5.74, 6) is -2.10. The van der Waals surface area contributed by atoms with Crippen LogP contribution in [0.5, 0.6) is 0 Å². The van der Waals surface area contributed by atoms with E-state index < -0.39 is 23.3 Å². The molecule has 0 N–H and O–H groups in total. The highest BCUT2D eigenvalue weighted by Gasteiger charge is 2.54. The van der Waals surface area contributed by atoms with E-state index in [0.717, 1.165) is 0 Å². The number of hydrogen-bond acceptors (Lipinski definition) is 6. The molecule has 0 aliphatic heterocycles. The number of carbonyl (C=O) groups is 3. The molecule has 0 spiro atoms. The third-order valence-electron chi connectivity index (χ3n) is 3.44. The van der Waals surface area contributed by atoms with Crippen molar-refractivity contribution in [3.8, 4) is 0 Å². The van der Waals surface area contributed by atoms with Gasteiger partial charge in [-0.05, 0) is 18.8 Å². The highest BCUT2D eigenvalue weighted by Crippen LogP contribution is 2.47. The zero-order valence-electron chi connectivity index (χ0n) is 11.8. The Kier molecular flexibility index (Phi) is 5.07. The zero-order valence-corrected chi connectivity index (χ0v) is 11.8. The lowest BCUT2D eigenvalue weighted by Gasteiger charge is -2.22. The molecule has 0 aromatic carbocycles. The number of methoxy groups -OCH3 is 3. The average molecular weight is 282 g/mol. The molecule has 1 unspecified atom stereocenters. The molecule has 20 heavy (non-hydrogen) atoms. The van der Waals surface area contributed by atoms with E-state index >= 15 is 0 Å². The molecule has 1 rings (SSSR count). The van der Waals surface area contributed by atoms with Crippen LogP contribution in [0.2, 0.25) is 0 Å². The number of carbonyl (C=O) groups excluding carboxylic acids is 3. The lowest BCUT2D eigenvalue weighted by atomic mass is 9.85. The van der Waals surface area contributed by atoms with Gasteiger partial charge in [0.05, 0.1) is 21.3 Å². The van der Waals surface area contributed by atoms with Crippen molar-refractivity contribution in [3.05, 3.63) is 24.3 Å². The van der Waals surface area contributed by atoms with Crippen LogP contribution in [0, 0.1) is 11.3 Å². The maximum absolute atomic E-state index is 11.9. The Hall–Kier alpha value is -2.11. The Balaban J connectivity index is 3.00. The smallest absolute Gasteiger partial charge is 0.330 e. The Morgan fingerprint density at radius 2 is 1.70 bits per heavy atom. The summed E-state index contributed by atoms with van der Waals surface area (Å²) in [6.07, 6.45) is 3.13. The predicted molar refractivity (Wildman–Crippen MR) is 69.5 cm³/mol. The third-order valence-corrected chi connectivity index (χ3v) is 3.44. The van der Waals surface area contributed by atoms with Gasteiger partial charge in [-0.25, -0.2) is 4.79 Å². The summed E-state index contributed by atoms with van der Waals surface area (Å²) < 4.78 is 13.9. The van der Waals surface area contributed by atoms with E-state index in [1.807, 2.05) is 0 Å². The minimum atomic E-state index is -1.38. The minimum Gasteiger partial charge on any atom is -0.468 e. The Labute approximate surface area is 117 Å². The standard InChI is InChI=1S/C14H18O6/c1-9-7-14(12(16)19-3,13(17)20-4)8-10(9)5-6-11(15)18-2/h5-6,10H,1,7-8H2,2-4H3/b6-5+. The van der Waals surface area contributed by atoms with Crippen LogP contribution >= 0.6 is 0 Å². The molecule has 0 saturated heterocycles. The molecule has 1 atom stereocenters. The van der Waals surface area contributed by atoms with Gasteiger partial charge in [-0.2, -0.15) is 0 Å². The first-order valence-electron chi connectivity index (χ1n) is 6.02. The van der Waals surface area contributed by atoms with Gasteiger partial charge < -0.3 is 14.2 Å². The highest BCUT2D eigenvalue weighted by molar-refractivity contribution is 6.01. The molecule has 110 valence electrons. The summed E-state index contributed by atoms with van der Waals surface area (Å²) in [6.45, 7) is 3.85. The Morgan fingerprint density at radius 3 is 2.15 bits per heavy atom. The molecule has 0 amide bonds. The summed E-state index contributed by atoms with van der Waals surface area (Å²) in [5, 5.41) is 0. The molecular weight excluding hydrogens is 264 g/mol. The van der Waals surface area contributed by atoms with Crippen LogP contribution in [-0.4, -0.2) is 39.2 Å². The second-order valence-corrected chi connectivity index (χ2v) is 4.59. The molecule has 0 aromatic heterocycles. The van der Waals surface area contributed by atoms with E-state index in [4.69, 9.17) is 9.47 Å². The molecule has 0 radical (unpaired) electrons. The van der Waals surface area contributed by atoms with Crippen LogP contribution in [0.1, 0.15) is 12.8 Å². The van der Waals surface area contributed by atoms with Crippen molar-refractivity contribution in [2.75, 3.05) is 21.3 Å². The fourth-order valence-corrected chi connectivity index (χ4v) is 2.36. The summed E-state index contributed by atoms with van der Waals surface area (Å²) in [5.41, 5.74) is -0.716. The van der Waals surface area contributed by atoms with E-state index in [1.54, 1.807) is 6.08 Å². The van der Waals surface area contributed by atoms with Crippen molar-refractivity contribution in [3.63, 3.8) is 0 Å². The first-order chi connectivity index (χ1) is 9.41. The lowest BCUT2D eigenvalue weighted by Crippen LogP contribution is -2.39. The van der Waals surface area contributed by atoms with Crippen LogP contribution in [0.3, 0.4) is 0 Å². The van der Waals surface area contributed by atoms with E-state index in [-0.39, 0.29) is 18.8 Å². The van der Waals surface area contributed by atoms with E-state index in [1.165, 1.54) is 27.4 Å². The van der Waals surface area contributed by atoms with Crippen molar-refractivity contribution >= 4 is 17.9 Å². The molecule has 6 heteroatoms. The van der Waals surface area contributed by atoms with Crippen LogP contribution in [0.4, 0.5) is 0 Å². The van der Waals surface area contributed by atoms with Gasteiger partial charge in [-0.15, -0.1) is 0 Å². The fourth-order valence-electron chi connectivity index (χ4n) is 2.36. The van der Waals surface area contributed by atoms with Gasteiger partial charge in [0.2, 0.25) is 0 Å². The number of rotatable bonds is 4. The molecule has 0 bridgehead atoms. The fraction of sp³-hybridized carbons (Fsp3) is 0.500. The van der Waals surface area contributed by atoms with Crippen LogP contribution in [-0.2, 0) is 28.6 Å². The second kappa shape index (κ2) is 6.36. The first-order valence-corrected chi connectivity index (χ1v) is 6.02. The van der Waals surface area contributed by atoms with Crippen molar-refractivity contribution in [2.24, 2.45) is 11.3 Å². The van der Waals surface area contributed by atoms with Gasteiger partial charge in [-0.1, -0.05) is 18.2 Å². The molecule has 1 saturated carbocycles. The minimum absolute atomic E-state index is 0.141. The number of allylic oxidation sites excluding steroid dienone is 2. The normalized spacial score (nSPS) is 20.8. The summed E-state index contributed by atoms with van der Waals surface area (Å²) in [7, 11) is 3.70. The Morgan fingerprint density at radius 1 is 1.15 bits per heavy atom. The predicted octanol–water partition coefficient (Wildman–Crippen LogP) is 1.01. The van der Waals surface area contributed by atoms with Crippen LogP contribution < -0.4 is 0 Å². The molecule has 1 aliphatic rings. The topological polar surface area (TPSA) is 78.9 Å². The number of esters is 3. The summed E-state index contributed by atoms with van der Waals surface area (Å²) in [6, 6.07) is 0. The van der Waals surface area contributed by atoms with Gasteiger partial charge in [0.25, 0.3) is 0 Å². The third kappa shape index (κ3) is 2.89. The zero-order chi connectivity index (χ0) is 15.3. The van der Waals surface area contributed by atoms with Gasteiger partial charge >= 0.3 is 17.9 Å². The molecule has 0 heterocycles. The van der Waals surface area contributed by atoms with Crippen molar-refractivity contribution in [1.29, 1.82) is 0 Å². The van der Waals surface area contributed by atoms with Crippen LogP contribution in [0.25, 0.3) is 0 Å². The quantitative estimate of drug-likeness (QED) is 0.252. The maximum Gasteiger partial charge on any atom is 0.330 e. The van der Waals surface area contributed by atoms with E-state index in [9.17, 15) is 14.4 Å².